The number of fused-ring (bicyclic) bond motifs is 1. The van der Waals surface area contributed by atoms with Crippen LogP contribution in [0.15, 0.2) is 42.6 Å². The van der Waals surface area contributed by atoms with E-state index in [9.17, 15) is 18.0 Å². The monoisotopic (exact) mass is 498 g/mol. The Balaban J connectivity index is 1.45. The summed E-state index contributed by atoms with van der Waals surface area (Å²) in [7, 11) is 4.13. The predicted molar refractivity (Wildman–Crippen MR) is 132 cm³/mol. The highest BCUT2D eigenvalue weighted by atomic mass is 19.4. The number of alkyl halides is 3. The standard InChI is InChI=1S/C27H29F3N4O2/c1-16-7-8-18(34-14-19(15-34)33(3)4)13-21(16)25(35)32-26(9-10-26)23-17(2)12-22(36-27(28,29)30)24-20(23)6-5-11-31-24/h5-8,11-13,19H,9-10,14-15H2,1-4H3,(H,32,35). The van der Waals surface area contributed by atoms with Crippen LogP contribution in [-0.4, -0.2) is 55.4 Å². The summed E-state index contributed by atoms with van der Waals surface area (Å²) in [5, 5.41) is 3.77. The number of rotatable bonds is 6. The number of amides is 1. The number of nitrogens with zero attached hydrogens (tertiary/aromatic N) is 3. The third kappa shape index (κ3) is 4.48. The average Bonchev–Trinajstić information content (AvgIpc) is 3.52. The molecule has 2 aliphatic rings. The Morgan fingerprint density at radius 1 is 1.14 bits per heavy atom. The fourth-order valence-corrected chi connectivity index (χ4v) is 5.08. The smallest absolute Gasteiger partial charge is 0.403 e. The minimum absolute atomic E-state index is 0.127. The van der Waals surface area contributed by atoms with Crippen LogP contribution in [0.3, 0.4) is 0 Å². The Morgan fingerprint density at radius 3 is 2.50 bits per heavy atom. The molecule has 2 fully saturated rings. The molecule has 6 nitrogen and oxygen atoms in total. The second-order valence-electron chi connectivity index (χ2n) is 10.1. The largest absolute Gasteiger partial charge is 0.573 e. The molecule has 1 aromatic heterocycles. The molecule has 0 spiro atoms. The van der Waals surface area contributed by atoms with E-state index in [-0.39, 0.29) is 17.2 Å². The maximum Gasteiger partial charge on any atom is 0.573 e. The van der Waals surface area contributed by atoms with E-state index in [4.69, 9.17) is 0 Å². The Morgan fingerprint density at radius 2 is 1.86 bits per heavy atom. The maximum absolute atomic E-state index is 13.5. The van der Waals surface area contributed by atoms with Crippen molar-refractivity contribution in [3.8, 4) is 5.75 Å². The van der Waals surface area contributed by atoms with Crippen LogP contribution in [0.1, 0.15) is 39.9 Å². The van der Waals surface area contributed by atoms with Crippen LogP contribution in [0.5, 0.6) is 5.75 Å². The zero-order valence-corrected chi connectivity index (χ0v) is 20.7. The van der Waals surface area contributed by atoms with Gasteiger partial charge in [0.2, 0.25) is 0 Å². The Bertz CT molecular complexity index is 1330. The number of pyridine rings is 1. The second-order valence-corrected chi connectivity index (χ2v) is 10.1. The molecule has 1 aliphatic carbocycles. The van der Waals surface area contributed by atoms with Crippen LogP contribution in [0, 0.1) is 13.8 Å². The molecule has 3 aromatic rings. The Labute approximate surface area is 208 Å². The molecule has 2 aromatic carbocycles. The quantitative estimate of drug-likeness (QED) is 0.523. The molecule has 1 N–H and O–H groups in total. The van der Waals surface area contributed by atoms with Crippen molar-refractivity contribution in [2.24, 2.45) is 0 Å². The van der Waals surface area contributed by atoms with Crippen LogP contribution in [-0.2, 0) is 5.54 Å². The number of carbonyl (C=O) groups is 1. The summed E-state index contributed by atoms with van der Waals surface area (Å²) in [6, 6.07) is 11.2. The Hall–Kier alpha value is -3.33. The topological polar surface area (TPSA) is 57.7 Å². The average molecular weight is 499 g/mol. The number of hydrogen-bond donors (Lipinski definition) is 1. The predicted octanol–water partition coefficient (Wildman–Crippen LogP) is 4.92. The fourth-order valence-electron chi connectivity index (χ4n) is 5.08. The molecule has 36 heavy (non-hydrogen) atoms. The first-order chi connectivity index (χ1) is 17.0. The zero-order chi connectivity index (χ0) is 25.8. The van der Waals surface area contributed by atoms with Gasteiger partial charge in [-0.05, 0) is 81.7 Å². The van der Waals surface area contributed by atoms with E-state index in [0.717, 1.165) is 29.9 Å². The lowest BCUT2D eigenvalue weighted by molar-refractivity contribution is -0.274. The molecule has 0 unspecified atom stereocenters. The number of nitrogens with one attached hydrogen (secondary N) is 1. The zero-order valence-electron chi connectivity index (χ0n) is 20.7. The molecule has 9 heteroatoms. The normalized spacial score (nSPS) is 17.3. The van der Waals surface area contributed by atoms with Crippen molar-refractivity contribution in [3.05, 3.63) is 64.8 Å². The number of ether oxygens (including phenoxy) is 1. The highest BCUT2D eigenvalue weighted by molar-refractivity contribution is 5.98. The molecule has 2 heterocycles. The highest BCUT2D eigenvalue weighted by Crippen LogP contribution is 2.51. The van der Waals surface area contributed by atoms with Gasteiger partial charge < -0.3 is 19.9 Å². The van der Waals surface area contributed by atoms with E-state index < -0.39 is 11.9 Å². The van der Waals surface area contributed by atoms with Gasteiger partial charge in [0.1, 0.15) is 5.52 Å². The van der Waals surface area contributed by atoms with E-state index >= 15 is 0 Å². The van der Waals surface area contributed by atoms with Crippen molar-refractivity contribution in [1.82, 2.24) is 15.2 Å². The van der Waals surface area contributed by atoms with Crippen molar-refractivity contribution >= 4 is 22.5 Å². The summed E-state index contributed by atoms with van der Waals surface area (Å²) in [6.45, 7) is 5.47. The SMILES string of the molecule is Cc1ccc(N2CC(N(C)C)C2)cc1C(=O)NC1(c2c(C)cc(OC(F)(F)F)c3ncccc23)CC1. The van der Waals surface area contributed by atoms with Gasteiger partial charge in [-0.15, -0.1) is 13.2 Å². The van der Waals surface area contributed by atoms with E-state index in [1.807, 2.05) is 25.1 Å². The molecule has 0 bridgehead atoms. The number of aromatic nitrogens is 1. The van der Waals surface area contributed by atoms with Gasteiger partial charge in [-0.25, -0.2) is 0 Å². The third-order valence-corrected chi connectivity index (χ3v) is 7.28. The van der Waals surface area contributed by atoms with Gasteiger partial charge in [0, 0.05) is 42.0 Å². The van der Waals surface area contributed by atoms with Crippen LogP contribution < -0.4 is 15.0 Å². The molecular formula is C27H29F3N4O2. The molecule has 1 aliphatic heterocycles. The van der Waals surface area contributed by atoms with Crippen LogP contribution >= 0.6 is 0 Å². The lowest BCUT2D eigenvalue weighted by Gasteiger charge is -2.44. The number of anilines is 1. The van der Waals surface area contributed by atoms with Crippen molar-refractivity contribution in [2.45, 2.75) is 44.6 Å². The van der Waals surface area contributed by atoms with Gasteiger partial charge in [-0.2, -0.15) is 0 Å². The van der Waals surface area contributed by atoms with Gasteiger partial charge in [-0.1, -0.05) is 12.1 Å². The van der Waals surface area contributed by atoms with Crippen molar-refractivity contribution in [1.29, 1.82) is 0 Å². The molecule has 0 radical (unpaired) electrons. The lowest BCUT2D eigenvalue weighted by atomic mass is 9.93. The minimum Gasteiger partial charge on any atom is -0.403 e. The summed E-state index contributed by atoms with van der Waals surface area (Å²) in [6.07, 6.45) is -2.00. The molecule has 1 amide bonds. The number of likely N-dealkylation sites (N-methyl/N-ethyl adjacent to an activating group) is 1. The van der Waals surface area contributed by atoms with Gasteiger partial charge in [0.05, 0.1) is 5.54 Å². The summed E-state index contributed by atoms with van der Waals surface area (Å²) in [5.74, 6) is -0.529. The molecule has 1 saturated carbocycles. The first-order valence-corrected chi connectivity index (χ1v) is 12.0. The third-order valence-electron chi connectivity index (χ3n) is 7.28. The van der Waals surface area contributed by atoms with Gasteiger partial charge >= 0.3 is 6.36 Å². The van der Waals surface area contributed by atoms with Gasteiger partial charge in [0.25, 0.3) is 5.91 Å². The van der Waals surface area contributed by atoms with E-state index in [1.54, 1.807) is 19.1 Å². The van der Waals surface area contributed by atoms with E-state index in [2.05, 4.69) is 38.9 Å². The van der Waals surface area contributed by atoms with Crippen LogP contribution in [0.25, 0.3) is 10.9 Å². The highest BCUT2D eigenvalue weighted by Gasteiger charge is 2.48. The number of halogens is 3. The van der Waals surface area contributed by atoms with E-state index in [0.29, 0.717) is 35.4 Å². The molecule has 190 valence electrons. The number of benzene rings is 2. The second kappa shape index (κ2) is 8.65. The van der Waals surface area contributed by atoms with Crippen molar-refractivity contribution < 1.29 is 22.7 Å². The molecule has 1 saturated heterocycles. The summed E-state index contributed by atoms with van der Waals surface area (Å²) in [5.41, 5.74) is 3.36. The number of aryl methyl sites for hydroxylation is 2. The first kappa shape index (κ1) is 24.4. The summed E-state index contributed by atoms with van der Waals surface area (Å²) < 4.78 is 43.3. The van der Waals surface area contributed by atoms with Crippen molar-refractivity contribution in [2.75, 3.05) is 32.1 Å². The van der Waals surface area contributed by atoms with Crippen LogP contribution in [0.2, 0.25) is 0 Å². The molecule has 0 atom stereocenters. The van der Waals surface area contributed by atoms with Crippen LogP contribution in [0.4, 0.5) is 18.9 Å². The molecular weight excluding hydrogens is 469 g/mol. The molecule has 5 rings (SSSR count). The summed E-state index contributed by atoms with van der Waals surface area (Å²) in [4.78, 5) is 22.1. The van der Waals surface area contributed by atoms with E-state index in [1.165, 1.54) is 12.3 Å². The van der Waals surface area contributed by atoms with Gasteiger partial charge in [0.15, 0.2) is 5.75 Å². The lowest BCUT2D eigenvalue weighted by Crippen LogP contribution is -2.57. The Kier molecular flexibility index (Phi) is 5.86. The number of carbonyl (C=O) groups excluding carboxylic acids is 1. The fraction of sp³-hybridized carbons (Fsp3) is 0.407. The first-order valence-electron chi connectivity index (χ1n) is 12.0. The van der Waals surface area contributed by atoms with Crippen molar-refractivity contribution in [3.63, 3.8) is 0 Å². The maximum atomic E-state index is 13.5. The van der Waals surface area contributed by atoms with Gasteiger partial charge in [-0.3, -0.25) is 9.78 Å². The summed E-state index contributed by atoms with van der Waals surface area (Å²) >= 11 is 0. The number of hydrogen-bond acceptors (Lipinski definition) is 5. The minimum atomic E-state index is -4.82.